The molecule has 5 rings (SSSR count). The van der Waals surface area contributed by atoms with Crippen molar-refractivity contribution in [1.29, 1.82) is 0 Å². The van der Waals surface area contributed by atoms with Crippen LogP contribution in [0.1, 0.15) is 34.3 Å². The standard InChI is InChI=1S/C20H19N3O3S2/c24-19(21-16-7-3-5-13-4-1-2-6-15(13)16)14-8-9-17-18(12-14)27-20-22-28(25,26)11-10-23(17)20/h3,5,7-9,12H,1-2,4,6,10-11H2,(H,21,24). The van der Waals surface area contributed by atoms with Crippen molar-refractivity contribution in [1.82, 2.24) is 0 Å². The summed E-state index contributed by atoms with van der Waals surface area (Å²) in [7, 11) is -3.38. The number of amides is 1. The van der Waals surface area contributed by atoms with Crippen LogP contribution in [-0.2, 0) is 22.9 Å². The molecule has 0 aromatic heterocycles. The second-order valence-corrected chi connectivity index (χ2v) is 9.96. The Morgan fingerprint density at radius 3 is 2.89 bits per heavy atom. The number of carbonyl (C=O) groups excluding carboxylic acids is 1. The van der Waals surface area contributed by atoms with Gasteiger partial charge in [-0.15, -0.1) is 4.40 Å². The van der Waals surface area contributed by atoms with Crippen LogP contribution in [0.2, 0.25) is 0 Å². The minimum absolute atomic E-state index is 0.0118. The Bertz CT molecular complexity index is 1130. The monoisotopic (exact) mass is 413 g/mol. The highest BCUT2D eigenvalue weighted by molar-refractivity contribution is 8.15. The maximum absolute atomic E-state index is 12.9. The molecule has 0 atom stereocenters. The Balaban J connectivity index is 1.42. The third-order valence-electron chi connectivity index (χ3n) is 5.38. The smallest absolute Gasteiger partial charge is 0.257 e. The molecule has 0 radical (unpaired) electrons. The SMILES string of the molecule is O=C(Nc1cccc2c1CCCC2)c1ccc2c(c1)SC1=NS(=O)(=O)CCN12. The Morgan fingerprint density at radius 1 is 1.14 bits per heavy atom. The zero-order valence-electron chi connectivity index (χ0n) is 15.1. The van der Waals surface area contributed by atoms with Crippen LogP contribution in [0, 0.1) is 0 Å². The van der Waals surface area contributed by atoms with E-state index in [1.54, 1.807) is 6.07 Å². The fourth-order valence-corrected chi connectivity index (χ4v) is 6.26. The summed E-state index contributed by atoms with van der Waals surface area (Å²) in [5, 5.41) is 3.53. The van der Waals surface area contributed by atoms with Gasteiger partial charge in [-0.25, -0.2) is 8.42 Å². The zero-order chi connectivity index (χ0) is 19.3. The third kappa shape index (κ3) is 3.10. The Labute approximate surface area is 168 Å². The van der Waals surface area contributed by atoms with E-state index in [1.165, 1.54) is 29.3 Å². The van der Waals surface area contributed by atoms with Crippen molar-refractivity contribution in [3.8, 4) is 0 Å². The molecule has 2 aliphatic heterocycles. The average molecular weight is 414 g/mol. The number of aryl methyl sites for hydroxylation is 1. The van der Waals surface area contributed by atoms with Crippen LogP contribution in [-0.4, -0.2) is 31.8 Å². The predicted molar refractivity (Wildman–Crippen MR) is 112 cm³/mol. The molecule has 1 N–H and O–H groups in total. The molecule has 1 aliphatic carbocycles. The van der Waals surface area contributed by atoms with E-state index in [9.17, 15) is 13.2 Å². The van der Waals surface area contributed by atoms with E-state index in [-0.39, 0.29) is 11.7 Å². The van der Waals surface area contributed by atoms with Crippen LogP contribution in [0.25, 0.3) is 0 Å². The predicted octanol–water partition coefficient (Wildman–Crippen LogP) is 3.43. The molecule has 0 saturated heterocycles. The number of hydrogen-bond acceptors (Lipinski definition) is 5. The first-order valence-corrected chi connectivity index (χ1v) is 11.8. The van der Waals surface area contributed by atoms with Crippen molar-refractivity contribution in [2.45, 2.75) is 30.6 Å². The van der Waals surface area contributed by atoms with E-state index in [0.29, 0.717) is 17.3 Å². The molecule has 0 unspecified atom stereocenters. The second-order valence-electron chi connectivity index (χ2n) is 7.20. The number of thioether (sulfide) groups is 1. The van der Waals surface area contributed by atoms with Gasteiger partial charge in [-0.3, -0.25) is 4.79 Å². The molecule has 6 nitrogen and oxygen atoms in total. The summed E-state index contributed by atoms with van der Waals surface area (Å²) in [4.78, 5) is 15.6. The van der Waals surface area contributed by atoms with E-state index in [4.69, 9.17) is 0 Å². The van der Waals surface area contributed by atoms with Crippen molar-refractivity contribution in [2.24, 2.45) is 4.40 Å². The van der Waals surface area contributed by atoms with Gasteiger partial charge in [-0.2, -0.15) is 0 Å². The van der Waals surface area contributed by atoms with Gasteiger partial charge >= 0.3 is 0 Å². The third-order valence-corrected chi connectivity index (χ3v) is 7.69. The molecular formula is C20H19N3O3S2. The van der Waals surface area contributed by atoms with E-state index < -0.39 is 10.0 Å². The minimum atomic E-state index is -3.38. The van der Waals surface area contributed by atoms with E-state index >= 15 is 0 Å². The zero-order valence-corrected chi connectivity index (χ0v) is 16.8. The van der Waals surface area contributed by atoms with Crippen LogP contribution in [0.5, 0.6) is 0 Å². The molecule has 0 saturated carbocycles. The fraction of sp³-hybridized carbons (Fsp3) is 0.300. The molecule has 28 heavy (non-hydrogen) atoms. The lowest BCUT2D eigenvalue weighted by atomic mass is 9.90. The lowest BCUT2D eigenvalue weighted by Crippen LogP contribution is -2.35. The number of rotatable bonds is 2. The average Bonchev–Trinajstić information content (AvgIpc) is 3.03. The second kappa shape index (κ2) is 6.63. The topological polar surface area (TPSA) is 78.8 Å². The van der Waals surface area contributed by atoms with Gasteiger partial charge < -0.3 is 10.2 Å². The number of nitrogens with one attached hydrogen (secondary N) is 1. The van der Waals surface area contributed by atoms with Gasteiger partial charge in [0.05, 0.1) is 11.4 Å². The van der Waals surface area contributed by atoms with Gasteiger partial charge in [0.25, 0.3) is 15.9 Å². The Kier molecular flexibility index (Phi) is 4.21. The number of fused-ring (bicyclic) bond motifs is 4. The van der Waals surface area contributed by atoms with Gasteiger partial charge in [-0.05, 0) is 72.8 Å². The highest BCUT2D eigenvalue weighted by Crippen LogP contribution is 2.42. The first kappa shape index (κ1) is 17.8. The molecule has 2 heterocycles. The molecule has 2 aromatic rings. The molecule has 0 fully saturated rings. The fourth-order valence-electron chi connectivity index (χ4n) is 3.96. The van der Waals surface area contributed by atoms with Crippen LogP contribution in [0.15, 0.2) is 45.7 Å². The molecule has 2 aromatic carbocycles. The number of hydrogen-bond donors (Lipinski definition) is 1. The number of carbonyl (C=O) groups is 1. The number of nitrogens with zero attached hydrogens (tertiary/aromatic N) is 2. The molecule has 0 bridgehead atoms. The summed E-state index contributed by atoms with van der Waals surface area (Å²) in [6, 6.07) is 11.6. The van der Waals surface area contributed by atoms with Crippen molar-refractivity contribution in [3.05, 3.63) is 53.1 Å². The summed E-state index contributed by atoms with van der Waals surface area (Å²) >= 11 is 1.30. The Hall–Kier alpha value is -2.32. The van der Waals surface area contributed by atoms with Gasteiger partial charge in [0.15, 0.2) is 5.17 Å². The quantitative estimate of drug-likeness (QED) is 0.816. The highest BCUT2D eigenvalue weighted by atomic mass is 32.2. The van der Waals surface area contributed by atoms with Crippen LogP contribution in [0.3, 0.4) is 0 Å². The highest BCUT2D eigenvalue weighted by Gasteiger charge is 2.33. The normalized spacial score (nSPS) is 19.3. The van der Waals surface area contributed by atoms with Crippen LogP contribution < -0.4 is 10.2 Å². The minimum Gasteiger partial charge on any atom is -0.322 e. The summed E-state index contributed by atoms with van der Waals surface area (Å²) in [6.07, 6.45) is 4.41. The van der Waals surface area contributed by atoms with Crippen molar-refractivity contribution in [2.75, 3.05) is 22.5 Å². The summed E-state index contributed by atoms with van der Waals surface area (Å²) < 4.78 is 27.4. The molecular weight excluding hydrogens is 394 g/mol. The Morgan fingerprint density at radius 2 is 2.00 bits per heavy atom. The van der Waals surface area contributed by atoms with Crippen molar-refractivity contribution < 1.29 is 13.2 Å². The van der Waals surface area contributed by atoms with E-state index in [0.717, 1.165) is 35.5 Å². The van der Waals surface area contributed by atoms with E-state index in [1.807, 2.05) is 29.2 Å². The maximum Gasteiger partial charge on any atom is 0.257 e. The lowest BCUT2D eigenvalue weighted by Gasteiger charge is -2.22. The molecule has 8 heteroatoms. The van der Waals surface area contributed by atoms with Crippen molar-refractivity contribution in [3.63, 3.8) is 0 Å². The van der Waals surface area contributed by atoms with E-state index in [2.05, 4.69) is 15.8 Å². The number of anilines is 2. The largest absolute Gasteiger partial charge is 0.322 e. The van der Waals surface area contributed by atoms with Gasteiger partial charge in [0, 0.05) is 22.7 Å². The molecule has 1 amide bonds. The first-order valence-electron chi connectivity index (χ1n) is 9.34. The number of sulfonamides is 1. The number of amidine groups is 1. The molecule has 3 aliphatic rings. The van der Waals surface area contributed by atoms with Crippen LogP contribution >= 0.6 is 11.8 Å². The van der Waals surface area contributed by atoms with Gasteiger partial charge in [0.2, 0.25) is 0 Å². The van der Waals surface area contributed by atoms with Gasteiger partial charge in [0.1, 0.15) is 0 Å². The number of benzene rings is 2. The van der Waals surface area contributed by atoms with Crippen molar-refractivity contribution >= 4 is 44.2 Å². The maximum atomic E-state index is 12.9. The molecule has 144 valence electrons. The van der Waals surface area contributed by atoms with Gasteiger partial charge in [-0.1, -0.05) is 12.1 Å². The summed E-state index contributed by atoms with van der Waals surface area (Å²) in [5.41, 5.74) is 4.93. The summed E-state index contributed by atoms with van der Waals surface area (Å²) in [6.45, 7) is 0.392. The first-order chi connectivity index (χ1) is 13.5. The lowest BCUT2D eigenvalue weighted by molar-refractivity contribution is 0.102. The molecule has 0 spiro atoms. The summed E-state index contributed by atoms with van der Waals surface area (Å²) in [5.74, 6) is -0.139. The van der Waals surface area contributed by atoms with Crippen LogP contribution in [0.4, 0.5) is 11.4 Å².